The lowest BCUT2D eigenvalue weighted by Gasteiger charge is -2.03. The molecule has 0 aliphatic heterocycles. The van der Waals surface area contributed by atoms with Crippen molar-refractivity contribution < 1.29 is 9.18 Å². The standard InChI is InChI=1S/C8H9FN2O/c1-5-3-7(9)4-10-8(5)11-6(2)12/h3-4H,1-2H3,(H,10,11,12). The number of amides is 1. The molecule has 4 heteroatoms. The fourth-order valence-electron chi connectivity index (χ4n) is 0.838. The quantitative estimate of drug-likeness (QED) is 0.690. The smallest absolute Gasteiger partial charge is 0.222 e. The lowest BCUT2D eigenvalue weighted by atomic mass is 10.3. The Morgan fingerprint density at radius 1 is 1.67 bits per heavy atom. The molecule has 0 radical (unpaired) electrons. The second-order valence-electron chi connectivity index (χ2n) is 2.50. The Bertz CT molecular complexity index is 312. The van der Waals surface area contributed by atoms with Crippen molar-refractivity contribution in [3.05, 3.63) is 23.6 Å². The van der Waals surface area contributed by atoms with Crippen LogP contribution in [-0.4, -0.2) is 10.9 Å². The Hall–Kier alpha value is -1.45. The molecule has 1 heterocycles. The first kappa shape index (κ1) is 8.64. The Balaban J connectivity index is 2.93. The van der Waals surface area contributed by atoms with Crippen molar-refractivity contribution in [1.82, 2.24) is 4.98 Å². The number of hydrogen-bond acceptors (Lipinski definition) is 2. The Morgan fingerprint density at radius 2 is 2.33 bits per heavy atom. The molecular formula is C8H9FN2O. The zero-order valence-corrected chi connectivity index (χ0v) is 6.89. The van der Waals surface area contributed by atoms with Gasteiger partial charge < -0.3 is 5.32 Å². The highest BCUT2D eigenvalue weighted by Gasteiger charge is 2.01. The van der Waals surface area contributed by atoms with Crippen LogP contribution in [0.15, 0.2) is 12.3 Å². The molecule has 0 spiro atoms. The van der Waals surface area contributed by atoms with Gasteiger partial charge in [-0.15, -0.1) is 0 Å². The molecule has 0 unspecified atom stereocenters. The summed E-state index contributed by atoms with van der Waals surface area (Å²) in [5, 5.41) is 2.48. The summed E-state index contributed by atoms with van der Waals surface area (Å²) in [6, 6.07) is 1.32. The number of halogens is 1. The minimum Gasteiger partial charge on any atom is -0.311 e. The van der Waals surface area contributed by atoms with Gasteiger partial charge in [-0.05, 0) is 18.6 Å². The van der Waals surface area contributed by atoms with Crippen LogP contribution in [0.25, 0.3) is 0 Å². The molecule has 0 aromatic carbocycles. The Labute approximate surface area is 69.6 Å². The summed E-state index contributed by atoms with van der Waals surface area (Å²) >= 11 is 0. The van der Waals surface area contributed by atoms with Gasteiger partial charge in [-0.25, -0.2) is 9.37 Å². The van der Waals surface area contributed by atoms with E-state index in [0.29, 0.717) is 11.4 Å². The van der Waals surface area contributed by atoms with E-state index in [1.54, 1.807) is 6.92 Å². The van der Waals surface area contributed by atoms with Crippen molar-refractivity contribution in [3.63, 3.8) is 0 Å². The minimum absolute atomic E-state index is 0.211. The highest BCUT2D eigenvalue weighted by molar-refractivity contribution is 5.88. The monoisotopic (exact) mass is 168 g/mol. The second-order valence-corrected chi connectivity index (χ2v) is 2.50. The van der Waals surface area contributed by atoms with Crippen LogP contribution >= 0.6 is 0 Å². The van der Waals surface area contributed by atoms with Crippen molar-refractivity contribution in [2.75, 3.05) is 5.32 Å². The van der Waals surface area contributed by atoms with Crippen molar-refractivity contribution in [3.8, 4) is 0 Å². The molecular weight excluding hydrogens is 159 g/mol. The molecule has 0 bridgehead atoms. The number of hydrogen-bond donors (Lipinski definition) is 1. The van der Waals surface area contributed by atoms with Crippen LogP contribution in [0.1, 0.15) is 12.5 Å². The SMILES string of the molecule is CC(=O)Nc1ncc(F)cc1C. The van der Waals surface area contributed by atoms with Gasteiger partial charge >= 0.3 is 0 Å². The number of anilines is 1. The zero-order chi connectivity index (χ0) is 9.14. The summed E-state index contributed by atoms with van der Waals surface area (Å²) in [7, 11) is 0. The van der Waals surface area contributed by atoms with Crippen LogP contribution in [0.3, 0.4) is 0 Å². The van der Waals surface area contributed by atoms with E-state index < -0.39 is 5.82 Å². The fraction of sp³-hybridized carbons (Fsp3) is 0.250. The topological polar surface area (TPSA) is 42.0 Å². The average molecular weight is 168 g/mol. The molecule has 0 saturated heterocycles. The normalized spacial score (nSPS) is 9.58. The van der Waals surface area contributed by atoms with Crippen molar-refractivity contribution in [1.29, 1.82) is 0 Å². The average Bonchev–Trinajstić information content (AvgIpc) is 1.94. The predicted molar refractivity (Wildman–Crippen MR) is 43.2 cm³/mol. The van der Waals surface area contributed by atoms with Crippen LogP contribution in [0.4, 0.5) is 10.2 Å². The van der Waals surface area contributed by atoms with Crippen molar-refractivity contribution >= 4 is 11.7 Å². The summed E-state index contributed by atoms with van der Waals surface area (Å²) in [6.45, 7) is 3.06. The molecule has 1 N–H and O–H groups in total. The number of carbonyl (C=O) groups excluding carboxylic acids is 1. The molecule has 3 nitrogen and oxygen atoms in total. The Kier molecular flexibility index (Phi) is 2.38. The van der Waals surface area contributed by atoms with E-state index in [1.165, 1.54) is 13.0 Å². The third-order valence-electron chi connectivity index (χ3n) is 1.34. The number of rotatable bonds is 1. The number of carbonyl (C=O) groups is 1. The van der Waals surface area contributed by atoms with E-state index in [0.717, 1.165) is 6.20 Å². The number of pyridine rings is 1. The van der Waals surface area contributed by atoms with Gasteiger partial charge in [0.1, 0.15) is 11.6 Å². The van der Waals surface area contributed by atoms with Gasteiger partial charge in [-0.3, -0.25) is 4.79 Å². The predicted octanol–water partition coefficient (Wildman–Crippen LogP) is 1.49. The third kappa shape index (κ3) is 2.02. The van der Waals surface area contributed by atoms with Gasteiger partial charge in [0.15, 0.2) is 0 Å². The fourth-order valence-corrected chi connectivity index (χ4v) is 0.838. The molecule has 12 heavy (non-hydrogen) atoms. The highest BCUT2D eigenvalue weighted by atomic mass is 19.1. The summed E-state index contributed by atoms with van der Waals surface area (Å²) in [5.74, 6) is -0.206. The maximum atomic E-state index is 12.5. The van der Waals surface area contributed by atoms with Crippen molar-refractivity contribution in [2.45, 2.75) is 13.8 Å². The van der Waals surface area contributed by atoms with Gasteiger partial charge in [0.2, 0.25) is 5.91 Å². The van der Waals surface area contributed by atoms with Crippen LogP contribution < -0.4 is 5.32 Å². The molecule has 0 aliphatic rings. The van der Waals surface area contributed by atoms with E-state index in [-0.39, 0.29) is 5.91 Å². The number of nitrogens with one attached hydrogen (secondary N) is 1. The minimum atomic E-state index is -0.401. The summed E-state index contributed by atoms with van der Waals surface area (Å²) in [5.41, 5.74) is 0.616. The molecule has 1 rings (SSSR count). The molecule has 0 aliphatic carbocycles. The van der Waals surface area contributed by atoms with Crippen LogP contribution in [-0.2, 0) is 4.79 Å². The first-order chi connectivity index (χ1) is 5.59. The molecule has 0 fully saturated rings. The molecule has 1 aromatic heterocycles. The third-order valence-corrected chi connectivity index (χ3v) is 1.34. The summed E-state index contributed by atoms with van der Waals surface area (Å²) in [4.78, 5) is 14.3. The molecule has 0 saturated carbocycles. The second kappa shape index (κ2) is 3.30. The maximum absolute atomic E-state index is 12.5. The largest absolute Gasteiger partial charge is 0.311 e. The number of aryl methyl sites for hydroxylation is 1. The first-order valence-electron chi connectivity index (χ1n) is 3.49. The van der Waals surface area contributed by atoms with E-state index in [4.69, 9.17) is 0 Å². The van der Waals surface area contributed by atoms with Crippen LogP contribution in [0.2, 0.25) is 0 Å². The molecule has 1 amide bonds. The maximum Gasteiger partial charge on any atom is 0.222 e. The molecule has 0 atom stereocenters. The lowest BCUT2D eigenvalue weighted by molar-refractivity contribution is -0.114. The first-order valence-corrected chi connectivity index (χ1v) is 3.49. The van der Waals surface area contributed by atoms with Crippen molar-refractivity contribution in [2.24, 2.45) is 0 Å². The van der Waals surface area contributed by atoms with E-state index in [9.17, 15) is 9.18 Å². The number of nitrogens with zero attached hydrogens (tertiary/aromatic N) is 1. The molecule has 64 valence electrons. The summed E-state index contributed by atoms with van der Waals surface area (Å²) < 4.78 is 12.5. The number of aromatic nitrogens is 1. The Morgan fingerprint density at radius 3 is 2.83 bits per heavy atom. The summed E-state index contributed by atoms with van der Waals surface area (Å²) in [6.07, 6.45) is 1.07. The lowest BCUT2D eigenvalue weighted by Crippen LogP contribution is -2.08. The van der Waals surface area contributed by atoms with E-state index in [2.05, 4.69) is 10.3 Å². The molecule has 1 aromatic rings. The van der Waals surface area contributed by atoms with Crippen LogP contribution in [0, 0.1) is 12.7 Å². The highest BCUT2D eigenvalue weighted by Crippen LogP contribution is 2.11. The van der Waals surface area contributed by atoms with E-state index >= 15 is 0 Å². The van der Waals surface area contributed by atoms with Gasteiger partial charge in [-0.1, -0.05) is 0 Å². The van der Waals surface area contributed by atoms with Crippen LogP contribution in [0.5, 0.6) is 0 Å². The van der Waals surface area contributed by atoms with Gasteiger partial charge in [-0.2, -0.15) is 0 Å². The van der Waals surface area contributed by atoms with Gasteiger partial charge in [0.25, 0.3) is 0 Å². The van der Waals surface area contributed by atoms with E-state index in [1.807, 2.05) is 0 Å². The van der Waals surface area contributed by atoms with Gasteiger partial charge in [0, 0.05) is 6.92 Å². The van der Waals surface area contributed by atoms with Gasteiger partial charge in [0.05, 0.1) is 6.20 Å². The zero-order valence-electron chi connectivity index (χ0n) is 6.89.